The fourth-order valence-electron chi connectivity index (χ4n) is 3.48. The van der Waals surface area contributed by atoms with Crippen molar-refractivity contribution in [3.05, 3.63) is 0 Å². The van der Waals surface area contributed by atoms with Gasteiger partial charge in [-0.1, -0.05) is 19.3 Å². The molecule has 94 valence electrons. The molecule has 4 unspecified atom stereocenters. The molecule has 16 heavy (non-hydrogen) atoms. The first-order valence-corrected chi connectivity index (χ1v) is 8.31. The summed E-state index contributed by atoms with van der Waals surface area (Å²) in [7, 11) is -2.89. The molecule has 0 aromatic heterocycles. The van der Waals surface area contributed by atoms with Gasteiger partial charge in [0.05, 0.1) is 11.4 Å². The number of rotatable bonds is 2. The molecule has 0 heterocycles. The van der Waals surface area contributed by atoms with E-state index in [1.54, 1.807) is 0 Å². The van der Waals surface area contributed by atoms with Crippen LogP contribution in [0.5, 0.6) is 0 Å². The fourth-order valence-corrected chi connectivity index (χ4v) is 4.67. The van der Waals surface area contributed by atoms with Crippen molar-refractivity contribution in [3.63, 3.8) is 0 Å². The van der Waals surface area contributed by atoms with Gasteiger partial charge < -0.3 is 5.11 Å². The van der Waals surface area contributed by atoms with Crippen molar-refractivity contribution < 1.29 is 13.5 Å². The van der Waals surface area contributed by atoms with Gasteiger partial charge in [0.15, 0.2) is 0 Å². The van der Waals surface area contributed by atoms with Gasteiger partial charge >= 0.3 is 0 Å². The zero-order valence-corrected chi connectivity index (χ0v) is 10.7. The minimum atomic E-state index is -2.89. The summed E-state index contributed by atoms with van der Waals surface area (Å²) in [4.78, 5) is 0. The van der Waals surface area contributed by atoms with Gasteiger partial charge in [0.2, 0.25) is 0 Å². The molecule has 0 aliphatic heterocycles. The van der Waals surface area contributed by atoms with E-state index in [9.17, 15) is 13.5 Å². The molecule has 1 N–H and O–H groups in total. The van der Waals surface area contributed by atoms with Crippen molar-refractivity contribution in [2.45, 2.75) is 56.3 Å². The minimum Gasteiger partial charge on any atom is -0.393 e. The Bertz CT molecular complexity index is 336. The predicted molar refractivity (Wildman–Crippen MR) is 63.9 cm³/mol. The van der Waals surface area contributed by atoms with Crippen molar-refractivity contribution in [2.24, 2.45) is 11.8 Å². The molecule has 0 radical (unpaired) electrons. The third-order valence-electron chi connectivity index (χ3n) is 4.41. The second-order valence-electron chi connectivity index (χ2n) is 5.54. The van der Waals surface area contributed by atoms with Gasteiger partial charge in [0.1, 0.15) is 9.84 Å². The van der Waals surface area contributed by atoms with Crippen LogP contribution < -0.4 is 0 Å². The summed E-state index contributed by atoms with van der Waals surface area (Å²) in [5, 5.41) is 9.73. The molecule has 0 aromatic rings. The molecule has 2 fully saturated rings. The second-order valence-corrected chi connectivity index (χ2v) is 7.87. The number of sulfone groups is 1. The lowest BCUT2D eigenvalue weighted by atomic mass is 9.78. The van der Waals surface area contributed by atoms with Gasteiger partial charge in [-0.3, -0.25) is 0 Å². The highest BCUT2D eigenvalue weighted by atomic mass is 32.2. The summed E-state index contributed by atoms with van der Waals surface area (Å²) in [6.45, 7) is 0. The van der Waals surface area contributed by atoms with Crippen LogP contribution in [0, 0.1) is 11.8 Å². The van der Waals surface area contributed by atoms with Crippen LogP contribution in [0.3, 0.4) is 0 Å². The summed E-state index contributed by atoms with van der Waals surface area (Å²) >= 11 is 0. The normalized spacial score (nSPS) is 41.1. The minimum absolute atomic E-state index is 0.154. The van der Waals surface area contributed by atoms with E-state index in [-0.39, 0.29) is 11.4 Å². The monoisotopic (exact) mass is 246 g/mol. The fraction of sp³-hybridized carbons (Fsp3) is 1.00. The van der Waals surface area contributed by atoms with Gasteiger partial charge in [-0.25, -0.2) is 8.42 Å². The zero-order chi connectivity index (χ0) is 11.8. The average molecular weight is 246 g/mol. The van der Waals surface area contributed by atoms with Gasteiger partial charge in [-0.15, -0.1) is 0 Å². The van der Waals surface area contributed by atoms with Crippen LogP contribution in [0.1, 0.15) is 44.9 Å². The average Bonchev–Trinajstić information content (AvgIpc) is 2.63. The SMILES string of the molecule is CS(=O)(=O)C1CCCC(C2CCCC2O)C1. The van der Waals surface area contributed by atoms with Crippen LogP contribution in [0.2, 0.25) is 0 Å². The van der Waals surface area contributed by atoms with Crippen LogP contribution in [-0.2, 0) is 9.84 Å². The highest BCUT2D eigenvalue weighted by molar-refractivity contribution is 7.91. The van der Waals surface area contributed by atoms with Gasteiger partial charge in [-0.2, -0.15) is 0 Å². The van der Waals surface area contributed by atoms with E-state index >= 15 is 0 Å². The summed E-state index contributed by atoms with van der Waals surface area (Å²) in [5.74, 6) is 0.801. The highest BCUT2D eigenvalue weighted by Crippen LogP contribution is 2.40. The third-order valence-corrected chi connectivity index (χ3v) is 6.05. The molecule has 4 heteroatoms. The van der Waals surface area contributed by atoms with Crippen LogP contribution >= 0.6 is 0 Å². The molecule has 2 saturated carbocycles. The number of aliphatic hydroxyl groups is 1. The Hall–Kier alpha value is -0.0900. The Morgan fingerprint density at radius 3 is 2.31 bits per heavy atom. The molecule has 3 nitrogen and oxygen atoms in total. The Kier molecular flexibility index (Phi) is 3.59. The lowest BCUT2D eigenvalue weighted by Crippen LogP contribution is -2.33. The van der Waals surface area contributed by atoms with E-state index in [2.05, 4.69) is 0 Å². The van der Waals surface area contributed by atoms with Gasteiger partial charge in [0, 0.05) is 6.26 Å². The lowest BCUT2D eigenvalue weighted by Gasteiger charge is -2.33. The second kappa shape index (κ2) is 4.65. The Morgan fingerprint density at radius 1 is 1.06 bits per heavy atom. The van der Waals surface area contributed by atoms with Crippen molar-refractivity contribution in [1.82, 2.24) is 0 Å². The van der Waals surface area contributed by atoms with Crippen LogP contribution in [0.4, 0.5) is 0 Å². The molecule has 0 spiro atoms. The summed E-state index contributed by atoms with van der Waals surface area (Å²) < 4.78 is 23.1. The first-order valence-electron chi connectivity index (χ1n) is 6.35. The van der Waals surface area contributed by atoms with Crippen LogP contribution in [0.15, 0.2) is 0 Å². The molecule has 2 aliphatic carbocycles. The van der Waals surface area contributed by atoms with E-state index in [1.165, 1.54) is 6.26 Å². The number of hydrogen-bond acceptors (Lipinski definition) is 3. The third kappa shape index (κ3) is 2.59. The molecular formula is C12H22O3S. The Balaban J connectivity index is 2.01. The summed E-state index contributed by atoms with van der Waals surface area (Å²) in [5.41, 5.74) is 0. The maximum atomic E-state index is 11.6. The van der Waals surface area contributed by atoms with Crippen molar-refractivity contribution in [2.75, 3.05) is 6.26 Å². The number of hydrogen-bond donors (Lipinski definition) is 1. The van der Waals surface area contributed by atoms with E-state index in [1.807, 2.05) is 0 Å². The molecule has 0 aromatic carbocycles. The van der Waals surface area contributed by atoms with Crippen LogP contribution in [-0.4, -0.2) is 31.1 Å². The maximum Gasteiger partial charge on any atom is 0.150 e. The van der Waals surface area contributed by atoms with Crippen molar-refractivity contribution in [3.8, 4) is 0 Å². The van der Waals surface area contributed by atoms with E-state index in [0.717, 1.165) is 44.9 Å². The topological polar surface area (TPSA) is 54.4 Å². The lowest BCUT2D eigenvalue weighted by molar-refractivity contribution is 0.0837. The van der Waals surface area contributed by atoms with E-state index < -0.39 is 9.84 Å². The van der Waals surface area contributed by atoms with Crippen LogP contribution in [0.25, 0.3) is 0 Å². The zero-order valence-electron chi connectivity index (χ0n) is 9.93. The Morgan fingerprint density at radius 2 is 1.75 bits per heavy atom. The molecule has 0 bridgehead atoms. The first-order chi connectivity index (χ1) is 7.48. The largest absolute Gasteiger partial charge is 0.393 e. The molecule has 2 aliphatic rings. The standard InChI is InChI=1S/C12H22O3S/c1-16(14,15)10-5-2-4-9(8-10)11-6-3-7-12(11)13/h9-13H,2-8H2,1H3. The van der Waals surface area contributed by atoms with E-state index in [0.29, 0.717) is 11.8 Å². The van der Waals surface area contributed by atoms with Crippen molar-refractivity contribution >= 4 is 9.84 Å². The molecule has 2 rings (SSSR count). The molecule has 0 saturated heterocycles. The van der Waals surface area contributed by atoms with E-state index in [4.69, 9.17) is 0 Å². The van der Waals surface area contributed by atoms with Gasteiger partial charge in [-0.05, 0) is 37.5 Å². The summed E-state index contributed by atoms with van der Waals surface area (Å²) in [6, 6.07) is 0. The summed E-state index contributed by atoms with van der Waals surface area (Å²) in [6.07, 6.45) is 7.98. The van der Waals surface area contributed by atoms with Gasteiger partial charge in [0.25, 0.3) is 0 Å². The molecular weight excluding hydrogens is 224 g/mol. The predicted octanol–water partition coefficient (Wildman–Crippen LogP) is 1.75. The first kappa shape index (κ1) is 12.4. The van der Waals surface area contributed by atoms with Crippen molar-refractivity contribution in [1.29, 1.82) is 0 Å². The quantitative estimate of drug-likeness (QED) is 0.807. The Labute approximate surface area is 98.2 Å². The molecule has 0 amide bonds. The molecule has 4 atom stereocenters. The smallest absolute Gasteiger partial charge is 0.150 e. The maximum absolute atomic E-state index is 11.6. The highest BCUT2D eigenvalue weighted by Gasteiger charge is 2.37. The number of aliphatic hydroxyl groups excluding tert-OH is 1.